The third kappa shape index (κ3) is 3.28. The first-order valence-electron chi connectivity index (χ1n) is 8.89. The van der Waals surface area contributed by atoms with Gasteiger partial charge in [-0.05, 0) is 43.5 Å². The van der Waals surface area contributed by atoms with Crippen LogP contribution in [0.15, 0.2) is 18.2 Å². The molecule has 5 nitrogen and oxygen atoms in total. The van der Waals surface area contributed by atoms with E-state index in [1.54, 1.807) is 6.07 Å². The second-order valence-corrected chi connectivity index (χ2v) is 6.92. The molecule has 134 valence electrons. The Labute approximate surface area is 146 Å². The zero-order valence-electron chi connectivity index (χ0n) is 14.4. The molecule has 2 saturated heterocycles. The van der Waals surface area contributed by atoms with Gasteiger partial charge in [-0.3, -0.25) is 4.79 Å². The molecule has 2 aliphatic heterocycles. The predicted molar refractivity (Wildman–Crippen MR) is 91.7 cm³/mol. The van der Waals surface area contributed by atoms with Gasteiger partial charge in [0.1, 0.15) is 5.82 Å². The van der Waals surface area contributed by atoms with Crippen molar-refractivity contribution in [2.24, 2.45) is 5.92 Å². The second kappa shape index (κ2) is 6.77. The van der Waals surface area contributed by atoms with Gasteiger partial charge in [-0.25, -0.2) is 4.39 Å². The quantitative estimate of drug-likeness (QED) is 0.930. The fourth-order valence-corrected chi connectivity index (χ4v) is 3.92. The fourth-order valence-electron chi connectivity index (χ4n) is 3.92. The summed E-state index contributed by atoms with van der Waals surface area (Å²) >= 11 is 0. The number of nitrogens with zero attached hydrogens (tertiary/aromatic N) is 1. The first-order chi connectivity index (χ1) is 12.1. The molecule has 25 heavy (non-hydrogen) atoms. The van der Waals surface area contributed by atoms with E-state index in [2.05, 4.69) is 4.98 Å². The number of benzene rings is 1. The molecule has 2 aliphatic rings. The monoisotopic (exact) mass is 346 g/mol. The molecule has 0 unspecified atom stereocenters. The van der Waals surface area contributed by atoms with E-state index >= 15 is 0 Å². The van der Waals surface area contributed by atoms with Gasteiger partial charge in [0, 0.05) is 35.6 Å². The van der Waals surface area contributed by atoms with Gasteiger partial charge in [-0.15, -0.1) is 0 Å². The number of carbonyl (C=O) groups is 1. The molecule has 0 aliphatic carbocycles. The molecule has 1 amide bonds. The van der Waals surface area contributed by atoms with Gasteiger partial charge in [0.05, 0.1) is 19.6 Å². The van der Waals surface area contributed by atoms with Crippen LogP contribution in [0.4, 0.5) is 4.39 Å². The minimum absolute atomic E-state index is 0.0972. The lowest BCUT2D eigenvalue weighted by molar-refractivity contribution is -0.136. The largest absolute Gasteiger partial charge is 0.358 e. The van der Waals surface area contributed by atoms with Crippen molar-refractivity contribution >= 4 is 16.8 Å². The van der Waals surface area contributed by atoms with E-state index in [9.17, 15) is 9.18 Å². The Morgan fingerprint density at radius 2 is 2.00 bits per heavy atom. The lowest BCUT2D eigenvalue weighted by Gasteiger charge is -2.34. The zero-order valence-corrected chi connectivity index (χ0v) is 14.4. The molecule has 0 saturated carbocycles. The van der Waals surface area contributed by atoms with E-state index in [0.717, 1.165) is 48.1 Å². The standard InChI is InChI=1S/C19H23FN2O3/c1-12-15(16-10-14(20)2-3-17(16)21-12)11-18(23)22-6-4-13(5-7-22)19-24-8-9-25-19/h2-3,10,13,19,21H,4-9,11H2,1H3. The van der Waals surface area contributed by atoms with Crippen LogP contribution in [0, 0.1) is 18.7 Å². The summed E-state index contributed by atoms with van der Waals surface area (Å²) in [5.41, 5.74) is 2.69. The number of hydrogen-bond donors (Lipinski definition) is 1. The highest BCUT2D eigenvalue weighted by atomic mass is 19.1. The molecular weight excluding hydrogens is 323 g/mol. The van der Waals surface area contributed by atoms with Crippen LogP contribution in [0.5, 0.6) is 0 Å². The van der Waals surface area contributed by atoms with Crippen LogP contribution in [-0.2, 0) is 20.7 Å². The van der Waals surface area contributed by atoms with Crippen LogP contribution >= 0.6 is 0 Å². The van der Waals surface area contributed by atoms with Gasteiger partial charge in [0.15, 0.2) is 6.29 Å². The number of ether oxygens (including phenoxy) is 2. The number of rotatable bonds is 3. The van der Waals surface area contributed by atoms with E-state index in [1.807, 2.05) is 11.8 Å². The van der Waals surface area contributed by atoms with Crippen molar-refractivity contribution in [2.45, 2.75) is 32.5 Å². The third-order valence-corrected chi connectivity index (χ3v) is 5.33. The SMILES string of the molecule is Cc1[nH]c2ccc(F)cc2c1CC(=O)N1CCC(C2OCCO2)CC1. The van der Waals surface area contributed by atoms with E-state index in [1.165, 1.54) is 12.1 Å². The highest BCUT2D eigenvalue weighted by Gasteiger charge is 2.32. The van der Waals surface area contributed by atoms with Gasteiger partial charge in [-0.1, -0.05) is 0 Å². The van der Waals surface area contributed by atoms with Gasteiger partial charge < -0.3 is 19.4 Å². The predicted octanol–water partition coefficient (Wildman–Crippen LogP) is 2.77. The van der Waals surface area contributed by atoms with Crippen molar-refractivity contribution in [1.82, 2.24) is 9.88 Å². The van der Waals surface area contributed by atoms with Gasteiger partial charge >= 0.3 is 0 Å². The zero-order chi connectivity index (χ0) is 17.4. The normalized spacial score (nSPS) is 19.8. The summed E-state index contributed by atoms with van der Waals surface area (Å²) in [5, 5.41) is 0.800. The first kappa shape index (κ1) is 16.5. The van der Waals surface area contributed by atoms with Crippen molar-refractivity contribution in [1.29, 1.82) is 0 Å². The summed E-state index contributed by atoms with van der Waals surface area (Å²) in [6.07, 6.45) is 2.00. The van der Waals surface area contributed by atoms with Crippen molar-refractivity contribution < 1.29 is 18.7 Å². The van der Waals surface area contributed by atoms with Crippen LogP contribution in [-0.4, -0.2) is 48.4 Å². The van der Waals surface area contributed by atoms with Gasteiger partial charge in [0.2, 0.25) is 5.91 Å². The topological polar surface area (TPSA) is 54.6 Å². The first-order valence-corrected chi connectivity index (χ1v) is 8.89. The van der Waals surface area contributed by atoms with Crippen LogP contribution in [0.25, 0.3) is 10.9 Å². The number of amides is 1. The Bertz CT molecular complexity index is 774. The number of aromatic amines is 1. The molecule has 0 radical (unpaired) electrons. The lowest BCUT2D eigenvalue weighted by Crippen LogP contribution is -2.42. The van der Waals surface area contributed by atoms with Crippen LogP contribution in [0.3, 0.4) is 0 Å². The molecule has 0 spiro atoms. The lowest BCUT2D eigenvalue weighted by atomic mass is 9.95. The summed E-state index contributed by atoms with van der Waals surface area (Å²) in [4.78, 5) is 17.9. The van der Waals surface area contributed by atoms with E-state index in [4.69, 9.17) is 9.47 Å². The number of likely N-dealkylation sites (tertiary alicyclic amines) is 1. The second-order valence-electron chi connectivity index (χ2n) is 6.92. The molecule has 2 aromatic rings. The van der Waals surface area contributed by atoms with Gasteiger partial charge in [0.25, 0.3) is 0 Å². The van der Waals surface area contributed by atoms with E-state index in [-0.39, 0.29) is 18.0 Å². The maximum atomic E-state index is 13.6. The molecule has 1 aromatic heterocycles. The van der Waals surface area contributed by atoms with Crippen LogP contribution in [0.2, 0.25) is 0 Å². The Kier molecular flexibility index (Phi) is 4.48. The Balaban J connectivity index is 1.43. The van der Waals surface area contributed by atoms with Crippen molar-refractivity contribution in [3.8, 4) is 0 Å². The molecule has 1 N–H and O–H groups in total. The van der Waals surface area contributed by atoms with Crippen molar-refractivity contribution in [2.75, 3.05) is 26.3 Å². The molecule has 4 rings (SSSR count). The number of nitrogens with one attached hydrogen (secondary N) is 1. The Morgan fingerprint density at radius 3 is 2.72 bits per heavy atom. The summed E-state index contributed by atoms with van der Waals surface area (Å²) < 4.78 is 24.7. The van der Waals surface area contributed by atoms with Crippen molar-refractivity contribution in [3.05, 3.63) is 35.3 Å². The molecule has 1 aromatic carbocycles. The number of aromatic nitrogens is 1. The highest BCUT2D eigenvalue weighted by Crippen LogP contribution is 2.28. The molecule has 3 heterocycles. The van der Waals surface area contributed by atoms with E-state index in [0.29, 0.717) is 25.6 Å². The summed E-state index contributed by atoms with van der Waals surface area (Å²) in [6.45, 7) is 4.72. The average Bonchev–Trinajstić information content (AvgIpc) is 3.24. The van der Waals surface area contributed by atoms with Crippen LogP contribution < -0.4 is 0 Å². The highest BCUT2D eigenvalue weighted by molar-refractivity contribution is 5.90. The van der Waals surface area contributed by atoms with Crippen LogP contribution in [0.1, 0.15) is 24.1 Å². The third-order valence-electron chi connectivity index (χ3n) is 5.33. The molecular formula is C19H23FN2O3. The number of hydrogen-bond acceptors (Lipinski definition) is 3. The number of piperidine rings is 1. The summed E-state index contributed by atoms with van der Waals surface area (Å²) in [5.74, 6) is 0.188. The molecule has 0 atom stereocenters. The minimum Gasteiger partial charge on any atom is -0.358 e. The molecule has 2 fully saturated rings. The molecule has 6 heteroatoms. The Hall–Kier alpha value is -1.92. The number of carbonyl (C=O) groups excluding carboxylic acids is 1. The maximum Gasteiger partial charge on any atom is 0.227 e. The number of H-pyrrole nitrogens is 1. The Morgan fingerprint density at radius 1 is 1.28 bits per heavy atom. The maximum absolute atomic E-state index is 13.6. The minimum atomic E-state index is -0.280. The molecule has 0 bridgehead atoms. The van der Waals surface area contributed by atoms with Gasteiger partial charge in [-0.2, -0.15) is 0 Å². The fraction of sp³-hybridized carbons (Fsp3) is 0.526. The number of aryl methyl sites for hydroxylation is 1. The summed E-state index contributed by atoms with van der Waals surface area (Å²) in [6, 6.07) is 4.66. The summed E-state index contributed by atoms with van der Waals surface area (Å²) in [7, 11) is 0. The van der Waals surface area contributed by atoms with E-state index < -0.39 is 0 Å². The smallest absolute Gasteiger partial charge is 0.227 e. The number of fused-ring (bicyclic) bond motifs is 1. The number of halogens is 1. The van der Waals surface area contributed by atoms with Crippen molar-refractivity contribution in [3.63, 3.8) is 0 Å². The average molecular weight is 346 g/mol.